The fourth-order valence-corrected chi connectivity index (χ4v) is 3.92. The molecule has 0 bridgehead atoms. The number of amides is 1. The van der Waals surface area contributed by atoms with E-state index in [-0.39, 0.29) is 5.91 Å². The first-order valence-electron chi connectivity index (χ1n) is 9.64. The minimum atomic E-state index is -0.212. The third-order valence-corrected chi connectivity index (χ3v) is 5.46. The lowest BCUT2D eigenvalue weighted by molar-refractivity contribution is 0.102. The van der Waals surface area contributed by atoms with Crippen LogP contribution in [0.4, 0.5) is 5.13 Å². The van der Waals surface area contributed by atoms with Crippen LogP contribution in [0, 0.1) is 13.8 Å². The number of para-hydroxylation sites is 2. The number of hydrogen-bond acceptors (Lipinski definition) is 6. The maximum Gasteiger partial charge on any atom is 0.257 e. The number of aryl methyl sites for hydroxylation is 2. The number of carbonyl (C=O) groups excluding carboxylic acids is 1. The minimum absolute atomic E-state index is 0.212. The molecule has 156 valence electrons. The molecule has 2 aromatic carbocycles. The van der Waals surface area contributed by atoms with Crippen molar-refractivity contribution in [1.29, 1.82) is 0 Å². The fourth-order valence-electron chi connectivity index (χ4n) is 3.21. The van der Waals surface area contributed by atoms with Crippen LogP contribution in [-0.4, -0.2) is 23.0 Å². The number of carbonyl (C=O) groups is 1. The molecule has 0 saturated heterocycles. The molecule has 0 aliphatic rings. The molecule has 0 spiro atoms. The normalized spacial score (nSPS) is 10.5. The Morgan fingerprint density at radius 2 is 1.68 bits per heavy atom. The van der Waals surface area contributed by atoms with Crippen molar-refractivity contribution in [3.63, 3.8) is 0 Å². The quantitative estimate of drug-likeness (QED) is 0.413. The largest absolute Gasteiger partial charge is 0.493 e. The van der Waals surface area contributed by atoms with E-state index >= 15 is 0 Å². The molecule has 2 heterocycles. The highest BCUT2D eigenvalue weighted by Gasteiger charge is 2.14. The second-order valence-corrected chi connectivity index (χ2v) is 7.78. The first kappa shape index (κ1) is 20.6. The molecule has 6 nitrogen and oxygen atoms in total. The Kier molecular flexibility index (Phi) is 5.95. The monoisotopic (exact) mass is 431 g/mol. The number of hydrogen-bond donors (Lipinski definition) is 1. The Morgan fingerprint density at radius 3 is 2.35 bits per heavy atom. The number of benzene rings is 2. The Hall–Kier alpha value is -3.71. The summed E-state index contributed by atoms with van der Waals surface area (Å²) in [6, 6.07) is 14.9. The van der Waals surface area contributed by atoms with Gasteiger partial charge in [-0.25, -0.2) is 4.98 Å². The average Bonchev–Trinajstić information content (AvgIpc) is 3.25. The molecule has 1 N–H and O–H groups in total. The van der Waals surface area contributed by atoms with Crippen molar-refractivity contribution in [2.45, 2.75) is 13.8 Å². The molecule has 0 radical (unpaired) electrons. The van der Waals surface area contributed by atoms with Crippen LogP contribution < -0.4 is 14.8 Å². The molecule has 31 heavy (non-hydrogen) atoms. The molecule has 0 aliphatic heterocycles. The zero-order valence-electron chi connectivity index (χ0n) is 17.4. The summed E-state index contributed by atoms with van der Waals surface area (Å²) < 4.78 is 11.5. The van der Waals surface area contributed by atoms with Crippen LogP contribution in [0.15, 0.2) is 66.3 Å². The van der Waals surface area contributed by atoms with E-state index in [2.05, 4.69) is 15.3 Å². The average molecular weight is 432 g/mol. The van der Waals surface area contributed by atoms with E-state index in [0.717, 1.165) is 28.1 Å². The lowest BCUT2D eigenvalue weighted by atomic mass is 10.0. The number of methoxy groups -OCH3 is 1. The van der Waals surface area contributed by atoms with Gasteiger partial charge in [-0.3, -0.25) is 15.1 Å². The first-order chi connectivity index (χ1) is 15.0. The van der Waals surface area contributed by atoms with Crippen molar-refractivity contribution in [1.82, 2.24) is 9.97 Å². The van der Waals surface area contributed by atoms with Gasteiger partial charge in [0.1, 0.15) is 5.75 Å². The fraction of sp³-hybridized carbons (Fsp3) is 0.125. The van der Waals surface area contributed by atoms with Gasteiger partial charge in [-0.2, -0.15) is 0 Å². The Morgan fingerprint density at radius 1 is 1.00 bits per heavy atom. The van der Waals surface area contributed by atoms with Crippen LogP contribution >= 0.6 is 11.3 Å². The van der Waals surface area contributed by atoms with Crippen molar-refractivity contribution >= 4 is 22.4 Å². The van der Waals surface area contributed by atoms with Gasteiger partial charge in [0.15, 0.2) is 16.6 Å². The Balaban J connectivity index is 1.55. The standard InChI is InChI=1S/C24H21N3O3S/c1-15-12-18(13-16(2)22(15)30-21-7-5-4-6-20(21)29-3)19-14-31-24(26-19)27-23(28)17-8-10-25-11-9-17/h4-14H,1-3H3,(H,26,27,28). The zero-order valence-corrected chi connectivity index (χ0v) is 18.2. The van der Waals surface area contributed by atoms with Crippen molar-refractivity contribution in [2.75, 3.05) is 12.4 Å². The lowest BCUT2D eigenvalue weighted by Crippen LogP contribution is -2.11. The number of nitrogens with one attached hydrogen (secondary N) is 1. The molecular weight excluding hydrogens is 410 g/mol. The van der Waals surface area contributed by atoms with Gasteiger partial charge in [-0.05, 0) is 61.4 Å². The number of pyridine rings is 1. The summed E-state index contributed by atoms with van der Waals surface area (Å²) in [5.74, 6) is 1.92. The van der Waals surface area contributed by atoms with Crippen LogP contribution in [0.1, 0.15) is 21.5 Å². The maximum atomic E-state index is 12.3. The molecule has 2 aromatic heterocycles. The van der Waals surface area contributed by atoms with Crippen molar-refractivity contribution in [2.24, 2.45) is 0 Å². The van der Waals surface area contributed by atoms with E-state index in [9.17, 15) is 4.79 Å². The van der Waals surface area contributed by atoms with Crippen LogP contribution in [-0.2, 0) is 0 Å². The summed E-state index contributed by atoms with van der Waals surface area (Å²) >= 11 is 1.38. The molecule has 4 aromatic rings. The van der Waals surface area contributed by atoms with E-state index in [0.29, 0.717) is 22.2 Å². The minimum Gasteiger partial charge on any atom is -0.493 e. The van der Waals surface area contributed by atoms with E-state index in [1.165, 1.54) is 11.3 Å². The molecule has 1 amide bonds. The third kappa shape index (κ3) is 4.57. The molecular formula is C24H21N3O3S. The van der Waals surface area contributed by atoms with Gasteiger partial charge in [-0.1, -0.05) is 12.1 Å². The van der Waals surface area contributed by atoms with Gasteiger partial charge in [0, 0.05) is 28.9 Å². The summed E-state index contributed by atoms with van der Waals surface area (Å²) in [7, 11) is 1.62. The van der Waals surface area contributed by atoms with Gasteiger partial charge in [0.25, 0.3) is 5.91 Å². The maximum absolute atomic E-state index is 12.3. The van der Waals surface area contributed by atoms with Crippen LogP contribution in [0.5, 0.6) is 17.2 Å². The van der Waals surface area contributed by atoms with Crippen LogP contribution in [0.25, 0.3) is 11.3 Å². The van der Waals surface area contributed by atoms with E-state index in [1.807, 2.05) is 55.6 Å². The summed E-state index contributed by atoms with van der Waals surface area (Å²) in [5.41, 5.74) is 4.26. The molecule has 0 unspecified atom stereocenters. The Labute approximate surface area is 184 Å². The molecule has 7 heteroatoms. The number of aromatic nitrogens is 2. The van der Waals surface area contributed by atoms with Crippen LogP contribution in [0.2, 0.25) is 0 Å². The van der Waals surface area contributed by atoms with Crippen molar-refractivity contribution in [3.05, 3.63) is 83.0 Å². The SMILES string of the molecule is COc1ccccc1Oc1c(C)cc(-c2csc(NC(=O)c3ccncc3)n2)cc1C. The van der Waals surface area contributed by atoms with Crippen molar-refractivity contribution < 1.29 is 14.3 Å². The molecule has 0 saturated carbocycles. The van der Waals surface area contributed by atoms with Crippen LogP contribution in [0.3, 0.4) is 0 Å². The number of thiazole rings is 1. The number of ether oxygens (including phenoxy) is 2. The summed E-state index contributed by atoms with van der Waals surface area (Å²) in [6.07, 6.45) is 3.17. The summed E-state index contributed by atoms with van der Waals surface area (Å²) in [6.45, 7) is 4.00. The predicted octanol–water partition coefficient (Wildman–Crippen LogP) is 5.88. The second kappa shape index (κ2) is 8.97. The first-order valence-corrected chi connectivity index (χ1v) is 10.5. The molecule has 0 atom stereocenters. The number of nitrogens with zero attached hydrogens (tertiary/aromatic N) is 2. The molecule has 0 aliphatic carbocycles. The topological polar surface area (TPSA) is 73.3 Å². The van der Waals surface area contributed by atoms with Gasteiger partial charge in [0.2, 0.25) is 0 Å². The van der Waals surface area contributed by atoms with E-state index in [1.54, 1.807) is 31.6 Å². The predicted molar refractivity (Wildman–Crippen MR) is 122 cm³/mol. The molecule has 4 rings (SSSR count). The third-order valence-electron chi connectivity index (χ3n) is 4.70. The van der Waals surface area contributed by atoms with Gasteiger partial charge in [-0.15, -0.1) is 11.3 Å². The van der Waals surface area contributed by atoms with Gasteiger partial charge >= 0.3 is 0 Å². The van der Waals surface area contributed by atoms with Crippen molar-refractivity contribution in [3.8, 4) is 28.5 Å². The molecule has 0 fully saturated rings. The van der Waals surface area contributed by atoms with E-state index < -0.39 is 0 Å². The van der Waals surface area contributed by atoms with Gasteiger partial charge < -0.3 is 9.47 Å². The Bertz CT molecular complexity index is 1200. The zero-order chi connectivity index (χ0) is 21.8. The second-order valence-electron chi connectivity index (χ2n) is 6.92. The number of rotatable bonds is 6. The van der Waals surface area contributed by atoms with Gasteiger partial charge in [0.05, 0.1) is 12.8 Å². The smallest absolute Gasteiger partial charge is 0.257 e. The highest BCUT2D eigenvalue weighted by Crippen LogP contribution is 2.37. The van der Waals surface area contributed by atoms with E-state index in [4.69, 9.17) is 9.47 Å². The highest BCUT2D eigenvalue weighted by molar-refractivity contribution is 7.14. The highest BCUT2D eigenvalue weighted by atomic mass is 32.1. The summed E-state index contributed by atoms with van der Waals surface area (Å²) in [4.78, 5) is 20.8. The summed E-state index contributed by atoms with van der Waals surface area (Å²) in [5, 5.41) is 5.31. The lowest BCUT2D eigenvalue weighted by Gasteiger charge is -2.15. The number of anilines is 1.